The molecule has 1 atom stereocenters. The van der Waals surface area contributed by atoms with Gasteiger partial charge in [0.25, 0.3) is 5.91 Å². The maximum atomic E-state index is 15.1. The first-order valence-corrected chi connectivity index (χ1v) is 9.12. The van der Waals surface area contributed by atoms with Gasteiger partial charge in [-0.05, 0) is 36.3 Å². The van der Waals surface area contributed by atoms with Gasteiger partial charge >= 0.3 is 0 Å². The molecule has 0 spiro atoms. The number of hydrogen-bond donors (Lipinski definition) is 3. The van der Waals surface area contributed by atoms with E-state index in [1.165, 1.54) is 12.1 Å². The van der Waals surface area contributed by atoms with E-state index in [-0.39, 0.29) is 23.5 Å². The van der Waals surface area contributed by atoms with E-state index in [9.17, 15) is 14.1 Å². The molecule has 3 aromatic rings. The van der Waals surface area contributed by atoms with E-state index in [1.807, 2.05) is 0 Å². The molecule has 10 heteroatoms. The van der Waals surface area contributed by atoms with Crippen molar-refractivity contribution in [1.29, 1.82) is 0 Å². The molecule has 1 fully saturated rings. The number of phenols is 1. The standard InChI is InChI=1S/C18H12FN5O3S/c19-17-13(5-6-15(25)18(17)24-10-16(26)23-28(24)27)14-8-12(21-22-14)4-3-11-2-1-7-20-9-11/h1-2,5-9,25H,10H2,(H,21,22)(H,23,26). The molecule has 1 amide bonds. The summed E-state index contributed by atoms with van der Waals surface area (Å²) in [4.78, 5) is 15.4. The number of aromatic nitrogens is 3. The number of rotatable bonds is 2. The zero-order valence-corrected chi connectivity index (χ0v) is 15.0. The molecule has 1 saturated heterocycles. The molecule has 28 heavy (non-hydrogen) atoms. The van der Waals surface area contributed by atoms with Crippen LogP contribution in [0.15, 0.2) is 42.7 Å². The van der Waals surface area contributed by atoms with E-state index >= 15 is 4.39 Å². The van der Waals surface area contributed by atoms with Crippen molar-refractivity contribution in [2.75, 3.05) is 10.8 Å². The van der Waals surface area contributed by atoms with Gasteiger partial charge in [0.2, 0.25) is 11.2 Å². The smallest absolute Gasteiger partial charge is 0.253 e. The van der Waals surface area contributed by atoms with Gasteiger partial charge in [0, 0.05) is 23.5 Å². The number of aromatic amines is 1. The zero-order chi connectivity index (χ0) is 19.7. The maximum absolute atomic E-state index is 15.1. The summed E-state index contributed by atoms with van der Waals surface area (Å²) in [5.41, 5.74) is 1.15. The second kappa shape index (κ2) is 7.13. The van der Waals surface area contributed by atoms with Crippen molar-refractivity contribution in [2.24, 2.45) is 0 Å². The predicted molar refractivity (Wildman–Crippen MR) is 99.5 cm³/mol. The van der Waals surface area contributed by atoms with Crippen molar-refractivity contribution in [1.82, 2.24) is 19.9 Å². The highest BCUT2D eigenvalue weighted by Crippen LogP contribution is 2.37. The highest BCUT2D eigenvalue weighted by atomic mass is 32.2. The molecule has 0 saturated carbocycles. The molecule has 3 N–H and O–H groups in total. The third-order valence-corrected chi connectivity index (χ3v) is 5.00. The Kier molecular flexibility index (Phi) is 4.50. The Balaban J connectivity index is 1.68. The van der Waals surface area contributed by atoms with Gasteiger partial charge in [-0.25, -0.2) is 8.60 Å². The molecule has 1 aliphatic heterocycles. The predicted octanol–water partition coefficient (Wildman–Crippen LogP) is 1.23. The van der Waals surface area contributed by atoms with Crippen LogP contribution in [0.25, 0.3) is 11.3 Å². The van der Waals surface area contributed by atoms with Crippen molar-refractivity contribution >= 4 is 22.8 Å². The number of anilines is 1. The van der Waals surface area contributed by atoms with Gasteiger partial charge in [-0.1, -0.05) is 5.92 Å². The van der Waals surface area contributed by atoms with Crippen LogP contribution in [0.4, 0.5) is 10.1 Å². The minimum absolute atomic E-state index is 0.0647. The Bertz CT molecular complexity index is 1150. The number of carbonyl (C=O) groups excluding carboxylic acids is 1. The first-order chi connectivity index (χ1) is 13.5. The lowest BCUT2D eigenvalue weighted by Crippen LogP contribution is -2.23. The number of nitrogens with one attached hydrogen (secondary N) is 2. The lowest BCUT2D eigenvalue weighted by molar-refractivity contribution is -0.117. The number of hydrogen-bond acceptors (Lipinski definition) is 5. The summed E-state index contributed by atoms with van der Waals surface area (Å²) in [6, 6.07) is 7.71. The lowest BCUT2D eigenvalue weighted by Gasteiger charge is -2.17. The molecule has 1 aromatic carbocycles. The van der Waals surface area contributed by atoms with Crippen LogP contribution in [0, 0.1) is 17.7 Å². The van der Waals surface area contributed by atoms with E-state index in [4.69, 9.17) is 0 Å². The number of amides is 1. The fraction of sp³-hybridized carbons (Fsp3) is 0.0556. The number of pyridine rings is 1. The van der Waals surface area contributed by atoms with E-state index in [2.05, 4.69) is 31.7 Å². The summed E-state index contributed by atoms with van der Waals surface area (Å²) >= 11 is -1.97. The van der Waals surface area contributed by atoms with Crippen molar-refractivity contribution in [3.8, 4) is 28.8 Å². The Labute approximate surface area is 161 Å². The molecule has 1 unspecified atom stereocenters. The normalized spacial score (nSPS) is 15.8. The van der Waals surface area contributed by atoms with Gasteiger partial charge in [-0.3, -0.25) is 23.9 Å². The largest absolute Gasteiger partial charge is 0.506 e. The number of phenolic OH excluding ortho intramolecular Hbond substituents is 1. The number of H-pyrrole nitrogens is 1. The van der Waals surface area contributed by atoms with Gasteiger partial charge in [0.15, 0.2) is 5.82 Å². The van der Waals surface area contributed by atoms with Crippen LogP contribution in [-0.2, 0) is 16.0 Å². The molecular weight excluding hydrogens is 385 g/mol. The fourth-order valence-corrected chi connectivity index (χ4v) is 3.57. The van der Waals surface area contributed by atoms with E-state index in [0.29, 0.717) is 11.3 Å². The lowest BCUT2D eigenvalue weighted by atomic mass is 10.1. The van der Waals surface area contributed by atoms with Crippen LogP contribution in [-0.4, -0.2) is 36.9 Å². The molecule has 0 radical (unpaired) electrons. The highest BCUT2D eigenvalue weighted by Gasteiger charge is 2.32. The van der Waals surface area contributed by atoms with Gasteiger partial charge in [0.05, 0.1) is 5.69 Å². The molecule has 1 aliphatic rings. The van der Waals surface area contributed by atoms with Crippen molar-refractivity contribution in [2.45, 2.75) is 0 Å². The summed E-state index contributed by atoms with van der Waals surface area (Å²) in [6.45, 7) is -0.330. The number of nitrogens with zero attached hydrogens (tertiary/aromatic N) is 3. The Morgan fingerprint density at radius 3 is 2.86 bits per heavy atom. The summed E-state index contributed by atoms with van der Waals surface area (Å²) in [7, 11) is 0. The number of halogens is 1. The van der Waals surface area contributed by atoms with Crippen molar-refractivity contribution in [3.05, 3.63) is 59.8 Å². The number of aromatic hydroxyl groups is 1. The van der Waals surface area contributed by atoms with E-state index in [0.717, 1.165) is 4.31 Å². The Hall–Kier alpha value is -3.71. The summed E-state index contributed by atoms with van der Waals surface area (Å²) in [5.74, 6) is 3.97. The van der Waals surface area contributed by atoms with E-state index < -0.39 is 28.6 Å². The van der Waals surface area contributed by atoms with Crippen molar-refractivity contribution in [3.63, 3.8) is 0 Å². The Morgan fingerprint density at radius 2 is 2.14 bits per heavy atom. The quantitative estimate of drug-likeness (QED) is 0.564. The van der Waals surface area contributed by atoms with Crippen LogP contribution in [0.3, 0.4) is 0 Å². The minimum atomic E-state index is -1.97. The first kappa shape index (κ1) is 17.7. The van der Waals surface area contributed by atoms with Gasteiger partial charge < -0.3 is 5.11 Å². The molecule has 0 bridgehead atoms. The summed E-state index contributed by atoms with van der Waals surface area (Å²) in [6.07, 6.45) is 3.25. The van der Waals surface area contributed by atoms with Crippen LogP contribution < -0.4 is 9.03 Å². The Morgan fingerprint density at radius 1 is 1.29 bits per heavy atom. The maximum Gasteiger partial charge on any atom is 0.253 e. The minimum Gasteiger partial charge on any atom is -0.506 e. The van der Waals surface area contributed by atoms with E-state index in [1.54, 1.807) is 30.6 Å². The number of benzene rings is 1. The van der Waals surface area contributed by atoms with Gasteiger partial charge in [-0.2, -0.15) is 5.10 Å². The second-order valence-corrected chi connectivity index (χ2v) is 6.91. The topological polar surface area (TPSA) is 111 Å². The monoisotopic (exact) mass is 397 g/mol. The molecule has 3 heterocycles. The van der Waals surface area contributed by atoms with Crippen LogP contribution >= 0.6 is 0 Å². The molecule has 0 aliphatic carbocycles. The van der Waals surface area contributed by atoms with Crippen LogP contribution in [0.5, 0.6) is 5.75 Å². The van der Waals surface area contributed by atoms with Gasteiger partial charge in [-0.15, -0.1) is 0 Å². The fourth-order valence-electron chi connectivity index (χ4n) is 2.63. The zero-order valence-electron chi connectivity index (χ0n) is 14.1. The average Bonchev–Trinajstić information content (AvgIpc) is 3.27. The molecule has 140 valence electrons. The SMILES string of the molecule is O=C1CN(c2c(O)ccc(-c3cc(C#Cc4cccnc4)[nH]n3)c2F)S(=O)N1. The molecular formula is C18H12FN5O3S. The van der Waals surface area contributed by atoms with Gasteiger partial charge in [0.1, 0.15) is 23.7 Å². The summed E-state index contributed by atoms with van der Waals surface area (Å²) in [5, 5.41) is 16.8. The second-order valence-electron chi connectivity index (χ2n) is 5.76. The van der Waals surface area contributed by atoms with Crippen LogP contribution in [0.2, 0.25) is 0 Å². The third kappa shape index (κ3) is 3.30. The van der Waals surface area contributed by atoms with Crippen molar-refractivity contribution < 1.29 is 18.5 Å². The molecule has 8 nitrogen and oxygen atoms in total. The number of carbonyl (C=O) groups is 1. The van der Waals surface area contributed by atoms with Crippen LogP contribution in [0.1, 0.15) is 11.3 Å². The average molecular weight is 397 g/mol. The third-order valence-electron chi connectivity index (χ3n) is 3.89. The highest BCUT2D eigenvalue weighted by molar-refractivity contribution is 7.85. The molecule has 2 aromatic heterocycles. The molecule has 4 rings (SSSR count). The summed E-state index contributed by atoms with van der Waals surface area (Å²) < 4.78 is 30.1. The first-order valence-electron chi connectivity index (χ1n) is 8.01.